The van der Waals surface area contributed by atoms with Gasteiger partial charge in [0.15, 0.2) is 0 Å². The van der Waals surface area contributed by atoms with Crippen molar-refractivity contribution in [3.8, 4) is 11.5 Å². The van der Waals surface area contributed by atoms with Crippen LogP contribution in [-0.4, -0.2) is 37.6 Å². The molecule has 0 aromatic heterocycles. The van der Waals surface area contributed by atoms with Crippen LogP contribution in [0.3, 0.4) is 0 Å². The minimum absolute atomic E-state index is 0.150. The zero-order chi connectivity index (χ0) is 17.1. The molecule has 128 valence electrons. The lowest BCUT2D eigenvalue weighted by Gasteiger charge is -2.28. The Balaban J connectivity index is 2.20. The highest BCUT2D eigenvalue weighted by Gasteiger charge is 2.25. The summed E-state index contributed by atoms with van der Waals surface area (Å²) in [7, 11) is 4.01. The van der Waals surface area contributed by atoms with Crippen LogP contribution in [0.15, 0.2) is 0 Å². The Morgan fingerprint density at radius 2 is 1.91 bits per heavy atom. The normalized spacial score (nSPS) is 16.9. The van der Waals surface area contributed by atoms with E-state index in [-0.39, 0.29) is 12.1 Å². The Morgan fingerprint density at radius 3 is 2.57 bits per heavy atom. The molecular weight excluding hydrogens is 290 g/mol. The molecule has 0 N–H and O–H groups in total. The van der Waals surface area contributed by atoms with Gasteiger partial charge in [-0.2, -0.15) is 0 Å². The SMILES string of the molecule is Cc1c(C)c2c(c(C)c1OC(=O)CCCN(C)C)CCC(C)O2. The van der Waals surface area contributed by atoms with E-state index in [0.717, 1.165) is 54.0 Å². The van der Waals surface area contributed by atoms with Gasteiger partial charge in [0.05, 0.1) is 6.10 Å². The summed E-state index contributed by atoms with van der Waals surface area (Å²) in [6, 6.07) is 0. The molecule has 0 spiro atoms. The van der Waals surface area contributed by atoms with Crippen LogP contribution in [0.25, 0.3) is 0 Å². The summed E-state index contributed by atoms with van der Waals surface area (Å²) in [6.07, 6.45) is 3.50. The zero-order valence-corrected chi connectivity index (χ0v) is 15.3. The predicted octanol–water partition coefficient (Wildman–Crippen LogP) is 3.57. The predicted molar refractivity (Wildman–Crippen MR) is 92.5 cm³/mol. The maximum atomic E-state index is 12.2. The van der Waals surface area contributed by atoms with Gasteiger partial charge in [-0.25, -0.2) is 0 Å². The van der Waals surface area contributed by atoms with E-state index < -0.39 is 0 Å². The first-order valence-corrected chi connectivity index (χ1v) is 8.46. The molecule has 0 aliphatic carbocycles. The van der Waals surface area contributed by atoms with Crippen molar-refractivity contribution in [2.45, 2.75) is 59.5 Å². The lowest BCUT2D eigenvalue weighted by atomic mass is 9.92. The molecule has 0 amide bonds. The van der Waals surface area contributed by atoms with E-state index in [4.69, 9.17) is 9.47 Å². The molecule has 4 heteroatoms. The summed E-state index contributed by atoms with van der Waals surface area (Å²) in [5.74, 6) is 1.57. The molecule has 1 unspecified atom stereocenters. The van der Waals surface area contributed by atoms with Crippen molar-refractivity contribution in [2.75, 3.05) is 20.6 Å². The highest BCUT2D eigenvalue weighted by Crippen LogP contribution is 2.41. The fourth-order valence-corrected chi connectivity index (χ4v) is 3.08. The Hall–Kier alpha value is -1.55. The van der Waals surface area contributed by atoms with E-state index >= 15 is 0 Å². The third-order valence-electron chi connectivity index (χ3n) is 4.63. The maximum absolute atomic E-state index is 12.2. The molecule has 1 aliphatic rings. The highest BCUT2D eigenvalue weighted by atomic mass is 16.5. The second-order valence-corrected chi connectivity index (χ2v) is 6.86. The summed E-state index contributed by atoms with van der Waals surface area (Å²) in [5.41, 5.74) is 4.35. The van der Waals surface area contributed by atoms with Crippen LogP contribution in [0.5, 0.6) is 11.5 Å². The van der Waals surface area contributed by atoms with Crippen molar-refractivity contribution < 1.29 is 14.3 Å². The summed E-state index contributed by atoms with van der Waals surface area (Å²) in [6.45, 7) is 9.09. The van der Waals surface area contributed by atoms with Gasteiger partial charge in [0.1, 0.15) is 11.5 Å². The van der Waals surface area contributed by atoms with Crippen LogP contribution in [-0.2, 0) is 11.2 Å². The van der Waals surface area contributed by atoms with E-state index in [0.29, 0.717) is 6.42 Å². The number of fused-ring (bicyclic) bond motifs is 1. The number of benzene rings is 1. The molecule has 0 saturated carbocycles. The van der Waals surface area contributed by atoms with Crippen molar-refractivity contribution in [3.63, 3.8) is 0 Å². The number of ether oxygens (including phenoxy) is 2. The number of rotatable bonds is 5. The molecule has 0 fully saturated rings. The second-order valence-electron chi connectivity index (χ2n) is 6.86. The quantitative estimate of drug-likeness (QED) is 0.614. The first kappa shape index (κ1) is 17.8. The third-order valence-corrected chi connectivity index (χ3v) is 4.63. The first-order valence-electron chi connectivity index (χ1n) is 8.46. The van der Waals surface area contributed by atoms with E-state index in [1.807, 2.05) is 27.9 Å². The molecular formula is C19H29NO3. The number of nitrogens with zero attached hydrogens (tertiary/aromatic N) is 1. The molecule has 23 heavy (non-hydrogen) atoms. The van der Waals surface area contributed by atoms with Crippen molar-refractivity contribution in [3.05, 3.63) is 22.3 Å². The minimum atomic E-state index is -0.150. The number of carbonyl (C=O) groups excluding carboxylic acids is 1. The standard InChI is InChI=1S/C19H29NO3/c1-12-9-10-16-15(4)18(13(2)14(3)19(16)22-12)23-17(21)8-7-11-20(5)6/h12H,7-11H2,1-6H3. The molecule has 1 aromatic rings. The van der Waals surface area contributed by atoms with Crippen LogP contribution in [0, 0.1) is 20.8 Å². The van der Waals surface area contributed by atoms with E-state index in [1.165, 1.54) is 5.56 Å². The molecule has 1 aliphatic heterocycles. The summed E-state index contributed by atoms with van der Waals surface area (Å²) < 4.78 is 11.7. The minimum Gasteiger partial charge on any atom is -0.490 e. The van der Waals surface area contributed by atoms with Gasteiger partial charge in [-0.3, -0.25) is 4.79 Å². The maximum Gasteiger partial charge on any atom is 0.311 e. The fourth-order valence-electron chi connectivity index (χ4n) is 3.08. The highest BCUT2D eigenvalue weighted by molar-refractivity contribution is 5.74. The van der Waals surface area contributed by atoms with Crippen molar-refractivity contribution in [2.24, 2.45) is 0 Å². The van der Waals surface area contributed by atoms with Gasteiger partial charge >= 0.3 is 5.97 Å². The number of carbonyl (C=O) groups is 1. The van der Waals surface area contributed by atoms with E-state index in [2.05, 4.69) is 18.7 Å². The van der Waals surface area contributed by atoms with Crippen LogP contribution in [0.2, 0.25) is 0 Å². The molecule has 1 aromatic carbocycles. The smallest absolute Gasteiger partial charge is 0.311 e. The summed E-state index contributed by atoms with van der Waals surface area (Å²) >= 11 is 0. The van der Waals surface area contributed by atoms with E-state index in [1.54, 1.807) is 0 Å². The first-order chi connectivity index (χ1) is 10.8. The lowest BCUT2D eigenvalue weighted by molar-refractivity contribution is -0.134. The second kappa shape index (κ2) is 7.35. The van der Waals surface area contributed by atoms with Gasteiger partial charge in [-0.1, -0.05) is 0 Å². The zero-order valence-electron chi connectivity index (χ0n) is 15.3. The average molecular weight is 319 g/mol. The van der Waals surface area contributed by atoms with Gasteiger partial charge in [0.25, 0.3) is 0 Å². The largest absolute Gasteiger partial charge is 0.490 e. The van der Waals surface area contributed by atoms with Crippen molar-refractivity contribution in [1.29, 1.82) is 0 Å². The number of hydrogen-bond donors (Lipinski definition) is 0. The third kappa shape index (κ3) is 4.05. The topological polar surface area (TPSA) is 38.8 Å². The number of hydrogen-bond acceptors (Lipinski definition) is 4. The Labute approximate surface area is 139 Å². The molecule has 1 heterocycles. The van der Waals surface area contributed by atoms with Gasteiger partial charge in [0.2, 0.25) is 0 Å². The van der Waals surface area contributed by atoms with Gasteiger partial charge in [-0.15, -0.1) is 0 Å². The molecule has 0 radical (unpaired) electrons. The Kier molecular flexibility index (Phi) is 5.69. The van der Waals surface area contributed by atoms with Crippen molar-refractivity contribution in [1.82, 2.24) is 4.90 Å². The van der Waals surface area contributed by atoms with Crippen LogP contribution < -0.4 is 9.47 Å². The summed E-state index contributed by atoms with van der Waals surface area (Å²) in [5, 5.41) is 0. The summed E-state index contributed by atoms with van der Waals surface area (Å²) in [4.78, 5) is 14.2. The molecule has 2 rings (SSSR count). The van der Waals surface area contributed by atoms with Gasteiger partial charge < -0.3 is 14.4 Å². The monoisotopic (exact) mass is 319 g/mol. The van der Waals surface area contributed by atoms with E-state index in [9.17, 15) is 4.79 Å². The average Bonchev–Trinajstić information content (AvgIpc) is 2.49. The van der Waals surface area contributed by atoms with Gasteiger partial charge in [0, 0.05) is 12.0 Å². The molecule has 4 nitrogen and oxygen atoms in total. The molecule has 0 bridgehead atoms. The van der Waals surface area contributed by atoms with Gasteiger partial charge in [-0.05, 0) is 84.3 Å². The van der Waals surface area contributed by atoms with Crippen molar-refractivity contribution >= 4 is 5.97 Å². The van der Waals surface area contributed by atoms with Crippen LogP contribution in [0.1, 0.15) is 48.4 Å². The molecule has 0 saturated heterocycles. The fraction of sp³-hybridized carbons (Fsp3) is 0.632. The van der Waals surface area contributed by atoms with Crippen LogP contribution in [0.4, 0.5) is 0 Å². The lowest BCUT2D eigenvalue weighted by Crippen LogP contribution is -2.22. The Morgan fingerprint density at radius 1 is 1.22 bits per heavy atom. The Bertz CT molecular complexity index is 593. The number of esters is 1. The molecule has 1 atom stereocenters. The van der Waals surface area contributed by atoms with Crippen LogP contribution >= 0.6 is 0 Å².